The Labute approximate surface area is 202 Å². The highest BCUT2D eigenvalue weighted by atomic mass is 16.6. The quantitative estimate of drug-likeness (QED) is 0.377. The molecule has 0 aromatic rings. The Morgan fingerprint density at radius 3 is 2.36 bits per heavy atom. The zero-order valence-electron chi connectivity index (χ0n) is 22.5. The van der Waals surface area contributed by atoms with Crippen LogP contribution in [0, 0.1) is 45.3 Å². The lowest BCUT2D eigenvalue weighted by atomic mass is 9.41. The van der Waals surface area contributed by atoms with E-state index in [2.05, 4.69) is 61.5 Å². The molecule has 4 fully saturated rings. The summed E-state index contributed by atoms with van der Waals surface area (Å²) < 4.78 is 5.75. The van der Waals surface area contributed by atoms with Gasteiger partial charge in [0.15, 0.2) is 0 Å². The lowest BCUT2D eigenvalue weighted by Crippen LogP contribution is -2.57. The van der Waals surface area contributed by atoms with Gasteiger partial charge in [0.25, 0.3) is 0 Å². The van der Waals surface area contributed by atoms with Crippen LogP contribution in [0.2, 0.25) is 0 Å². The van der Waals surface area contributed by atoms with Crippen molar-refractivity contribution >= 4 is 5.78 Å². The minimum absolute atomic E-state index is 0.00609. The number of carbonyl (C=O) groups is 1. The summed E-state index contributed by atoms with van der Waals surface area (Å²) in [5, 5.41) is 10.9. The van der Waals surface area contributed by atoms with Gasteiger partial charge in [-0.05, 0) is 98.7 Å². The van der Waals surface area contributed by atoms with E-state index in [1.54, 1.807) is 5.57 Å². The number of Topliss-reactive ketones (excluding diaryl/α,β-unsaturated/α-hetero) is 1. The van der Waals surface area contributed by atoms with E-state index in [1.807, 2.05) is 0 Å². The van der Waals surface area contributed by atoms with Crippen molar-refractivity contribution in [3.05, 3.63) is 11.6 Å². The van der Waals surface area contributed by atoms with Gasteiger partial charge in [-0.1, -0.05) is 53.2 Å². The monoisotopic (exact) mass is 456 g/mol. The van der Waals surface area contributed by atoms with Crippen molar-refractivity contribution in [2.45, 2.75) is 125 Å². The summed E-state index contributed by atoms with van der Waals surface area (Å²) in [5.41, 5.74) is 2.17. The molecule has 9 atom stereocenters. The van der Waals surface area contributed by atoms with Gasteiger partial charge < -0.3 is 9.84 Å². The van der Waals surface area contributed by atoms with Crippen molar-refractivity contribution in [2.24, 2.45) is 45.3 Å². The Balaban J connectivity index is 1.41. The molecule has 0 bridgehead atoms. The van der Waals surface area contributed by atoms with E-state index in [-0.39, 0.29) is 39.5 Å². The minimum Gasteiger partial charge on any atom is -0.390 e. The molecular weight excluding hydrogens is 408 g/mol. The van der Waals surface area contributed by atoms with Gasteiger partial charge in [-0.3, -0.25) is 4.79 Å². The van der Waals surface area contributed by atoms with E-state index >= 15 is 0 Å². The molecule has 1 N–H and O–H groups in total. The van der Waals surface area contributed by atoms with Gasteiger partial charge in [-0.2, -0.15) is 0 Å². The van der Waals surface area contributed by atoms with E-state index in [0.717, 1.165) is 25.7 Å². The van der Waals surface area contributed by atoms with Gasteiger partial charge in [0.05, 0.1) is 11.7 Å². The number of epoxide rings is 1. The van der Waals surface area contributed by atoms with E-state index < -0.39 is 0 Å². The summed E-state index contributed by atoms with van der Waals surface area (Å²) in [5.74, 6) is 2.73. The highest BCUT2D eigenvalue weighted by Gasteiger charge is 2.65. The SMILES string of the molecule is C[C@@H](C[C@H](O)[C@@H]1OC1(C)C)[C@@H]1CC[C@]2(C)C3=CC[C@@H]4C(C)(C)C(=O)CC[C@]4(C)[C@H]3CC[C@@]12C. The molecule has 1 heterocycles. The topological polar surface area (TPSA) is 49.8 Å². The molecule has 5 rings (SSSR count). The van der Waals surface area contributed by atoms with Crippen LogP contribution in [0.3, 0.4) is 0 Å². The molecule has 3 saturated carbocycles. The molecule has 0 amide bonds. The van der Waals surface area contributed by atoms with Crippen LogP contribution >= 0.6 is 0 Å². The van der Waals surface area contributed by atoms with Crippen LogP contribution in [-0.4, -0.2) is 28.7 Å². The largest absolute Gasteiger partial charge is 0.390 e. The normalized spacial score (nSPS) is 49.4. The molecule has 33 heavy (non-hydrogen) atoms. The summed E-state index contributed by atoms with van der Waals surface area (Å²) in [4.78, 5) is 12.8. The number of aliphatic hydroxyl groups excluding tert-OH is 1. The first-order valence-corrected chi connectivity index (χ1v) is 13.8. The fraction of sp³-hybridized carbons (Fsp3) is 0.900. The number of carbonyl (C=O) groups excluding carboxylic acids is 1. The molecule has 3 heteroatoms. The summed E-state index contributed by atoms with van der Waals surface area (Å²) in [7, 11) is 0. The standard InChI is InChI=1S/C30H48O3/c1-18(17-22(31)25-27(4,5)33-25)19-11-15-30(8)21-9-10-23-26(2,3)24(32)13-14-28(23,6)20(21)12-16-29(19,30)7/h9,18-20,22-23,25,31H,10-17H2,1-8H3/t18-,19-,20-,22-,23+,25-,28+,29-,30+/m0/s1. The van der Waals surface area contributed by atoms with Crippen molar-refractivity contribution in [2.75, 3.05) is 0 Å². The second kappa shape index (κ2) is 7.19. The van der Waals surface area contributed by atoms with Gasteiger partial charge in [0.1, 0.15) is 11.9 Å². The second-order valence-electron chi connectivity index (χ2n) is 14.5. The van der Waals surface area contributed by atoms with Crippen LogP contribution < -0.4 is 0 Å². The van der Waals surface area contributed by atoms with Crippen molar-refractivity contribution < 1.29 is 14.6 Å². The van der Waals surface area contributed by atoms with E-state index in [9.17, 15) is 9.90 Å². The highest BCUT2D eigenvalue weighted by Crippen LogP contribution is 2.73. The molecule has 4 aliphatic carbocycles. The first-order chi connectivity index (χ1) is 15.2. The maximum atomic E-state index is 12.8. The molecule has 0 aromatic heterocycles. The lowest BCUT2D eigenvalue weighted by Gasteiger charge is -2.63. The summed E-state index contributed by atoms with van der Waals surface area (Å²) in [6.45, 7) is 18.7. The maximum absolute atomic E-state index is 12.8. The van der Waals surface area contributed by atoms with Gasteiger partial charge in [-0.25, -0.2) is 0 Å². The second-order valence-corrected chi connectivity index (χ2v) is 14.5. The number of ketones is 1. The molecule has 1 aliphatic heterocycles. The molecule has 5 aliphatic rings. The highest BCUT2D eigenvalue weighted by molar-refractivity contribution is 5.85. The fourth-order valence-electron chi connectivity index (χ4n) is 9.97. The van der Waals surface area contributed by atoms with Crippen LogP contribution in [0.25, 0.3) is 0 Å². The smallest absolute Gasteiger partial charge is 0.138 e. The first-order valence-electron chi connectivity index (χ1n) is 13.8. The maximum Gasteiger partial charge on any atom is 0.138 e. The third kappa shape index (κ3) is 3.16. The Morgan fingerprint density at radius 2 is 1.73 bits per heavy atom. The van der Waals surface area contributed by atoms with Crippen molar-refractivity contribution in [3.8, 4) is 0 Å². The lowest BCUT2D eigenvalue weighted by molar-refractivity contribution is -0.146. The van der Waals surface area contributed by atoms with Crippen molar-refractivity contribution in [3.63, 3.8) is 0 Å². The van der Waals surface area contributed by atoms with Gasteiger partial charge in [0, 0.05) is 11.8 Å². The number of rotatable bonds is 4. The van der Waals surface area contributed by atoms with Crippen LogP contribution in [0.5, 0.6) is 0 Å². The molecule has 0 unspecified atom stereocenters. The number of aliphatic hydroxyl groups is 1. The Hall–Kier alpha value is -0.670. The summed E-state index contributed by atoms with van der Waals surface area (Å²) >= 11 is 0. The summed E-state index contributed by atoms with van der Waals surface area (Å²) in [6, 6.07) is 0. The van der Waals surface area contributed by atoms with Crippen LogP contribution in [0.15, 0.2) is 11.6 Å². The Morgan fingerprint density at radius 1 is 1.06 bits per heavy atom. The van der Waals surface area contributed by atoms with Crippen LogP contribution in [-0.2, 0) is 9.53 Å². The van der Waals surface area contributed by atoms with Crippen LogP contribution in [0.1, 0.15) is 107 Å². The zero-order chi connectivity index (χ0) is 24.2. The Kier molecular flexibility index (Phi) is 5.24. The van der Waals surface area contributed by atoms with E-state index in [4.69, 9.17) is 4.74 Å². The summed E-state index contributed by atoms with van der Waals surface area (Å²) in [6.07, 6.45) is 11.1. The average molecular weight is 457 g/mol. The van der Waals surface area contributed by atoms with Gasteiger partial charge in [0.2, 0.25) is 0 Å². The predicted octanol–water partition coefficient (Wildman–Crippen LogP) is 6.73. The van der Waals surface area contributed by atoms with Crippen molar-refractivity contribution in [1.29, 1.82) is 0 Å². The third-order valence-electron chi connectivity index (χ3n) is 12.4. The molecule has 1 saturated heterocycles. The first kappa shape index (κ1) is 24.0. The third-order valence-corrected chi connectivity index (χ3v) is 12.4. The van der Waals surface area contributed by atoms with Gasteiger partial charge in [-0.15, -0.1) is 0 Å². The Bertz CT molecular complexity index is 870. The molecule has 3 nitrogen and oxygen atoms in total. The number of allylic oxidation sites excluding steroid dienone is 2. The van der Waals surface area contributed by atoms with Crippen LogP contribution in [0.4, 0.5) is 0 Å². The molecule has 0 aromatic carbocycles. The fourth-order valence-corrected chi connectivity index (χ4v) is 9.97. The van der Waals surface area contributed by atoms with E-state index in [1.165, 1.54) is 25.7 Å². The number of hydrogen-bond donors (Lipinski definition) is 1. The predicted molar refractivity (Wildman–Crippen MR) is 133 cm³/mol. The molecule has 0 spiro atoms. The minimum atomic E-state index is -0.350. The van der Waals surface area contributed by atoms with E-state index in [0.29, 0.717) is 29.5 Å². The zero-order valence-corrected chi connectivity index (χ0v) is 22.5. The van der Waals surface area contributed by atoms with Gasteiger partial charge >= 0.3 is 0 Å². The van der Waals surface area contributed by atoms with Crippen molar-refractivity contribution in [1.82, 2.24) is 0 Å². The molecule has 186 valence electrons. The number of fused-ring (bicyclic) bond motifs is 5. The number of hydrogen-bond acceptors (Lipinski definition) is 3. The molecular formula is C30H48O3. The average Bonchev–Trinajstić information content (AvgIpc) is 3.26. The number of ether oxygens (including phenoxy) is 1. The molecule has 0 radical (unpaired) electrons.